The van der Waals surface area contributed by atoms with Crippen molar-refractivity contribution in [3.8, 4) is 11.4 Å². The Morgan fingerprint density at radius 2 is 2.11 bits per heavy atom. The normalized spacial score (nSPS) is 10.3. The van der Waals surface area contributed by atoms with Gasteiger partial charge < -0.3 is 14.6 Å². The third-order valence-corrected chi connectivity index (χ3v) is 2.63. The molecule has 6 heteroatoms. The number of methoxy groups -OCH3 is 2. The number of aliphatic hydroxyl groups is 1. The zero-order chi connectivity index (χ0) is 13.8. The minimum Gasteiger partial charge on any atom is -0.494 e. The maximum Gasteiger partial charge on any atom is 0.356 e. The molecular weight excluding hydrogens is 248 g/mol. The monoisotopic (exact) mass is 262 g/mol. The second-order valence-corrected chi connectivity index (χ2v) is 3.75. The van der Waals surface area contributed by atoms with Crippen molar-refractivity contribution in [2.75, 3.05) is 14.2 Å². The van der Waals surface area contributed by atoms with Gasteiger partial charge in [-0.25, -0.2) is 9.48 Å². The molecule has 0 unspecified atom stereocenters. The molecule has 0 aliphatic carbocycles. The Kier molecular flexibility index (Phi) is 3.82. The van der Waals surface area contributed by atoms with Gasteiger partial charge in [0.1, 0.15) is 11.4 Å². The average Bonchev–Trinajstić information content (AvgIpc) is 2.90. The van der Waals surface area contributed by atoms with Crippen LogP contribution in [-0.4, -0.2) is 35.1 Å². The lowest BCUT2D eigenvalue weighted by atomic mass is 10.3. The fraction of sp³-hybridized carbons (Fsp3) is 0.231. The van der Waals surface area contributed by atoms with E-state index in [-0.39, 0.29) is 12.3 Å². The van der Waals surface area contributed by atoms with Crippen LogP contribution < -0.4 is 4.74 Å². The van der Waals surface area contributed by atoms with E-state index in [1.165, 1.54) is 25.0 Å². The van der Waals surface area contributed by atoms with Crippen molar-refractivity contribution >= 4 is 5.97 Å². The summed E-state index contributed by atoms with van der Waals surface area (Å²) in [6.07, 6.45) is 0. The van der Waals surface area contributed by atoms with E-state index >= 15 is 0 Å². The van der Waals surface area contributed by atoms with E-state index in [9.17, 15) is 4.79 Å². The van der Waals surface area contributed by atoms with Gasteiger partial charge in [0.25, 0.3) is 0 Å². The quantitative estimate of drug-likeness (QED) is 0.837. The SMILES string of the molecule is COC(=O)c1cc(CO)nn1-c1ccccc1OC. The fourth-order valence-corrected chi connectivity index (χ4v) is 1.75. The summed E-state index contributed by atoms with van der Waals surface area (Å²) >= 11 is 0. The molecule has 0 aliphatic rings. The van der Waals surface area contributed by atoms with Crippen LogP contribution in [0.1, 0.15) is 16.2 Å². The second kappa shape index (κ2) is 5.53. The zero-order valence-electron chi connectivity index (χ0n) is 10.7. The van der Waals surface area contributed by atoms with Crippen molar-refractivity contribution in [1.82, 2.24) is 9.78 Å². The summed E-state index contributed by atoms with van der Waals surface area (Å²) in [7, 11) is 2.83. The van der Waals surface area contributed by atoms with Crippen LogP contribution in [0.2, 0.25) is 0 Å². The molecule has 1 heterocycles. The molecule has 2 aromatic rings. The van der Waals surface area contributed by atoms with Gasteiger partial charge in [-0.3, -0.25) is 0 Å². The van der Waals surface area contributed by atoms with Gasteiger partial charge in [-0.1, -0.05) is 12.1 Å². The van der Waals surface area contributed by atoms with E-state index in [2.05, 4.69) is 5.10 Å². The first kappa shape index (κ1) is 13.1. The first-order valence-electron chi connectivity index (χ1n) is 5.62. The van der Waals surface area contributed by atoms with Crippen molar-refractivity contribution in [2.24, 2.45) is 0 Å². The minimum atomic E-state index is -0.530. The molecule has 1 aromatic carbocycles. The lowest BCUT2D eigenvalue weighted by Crippen LogP contribution is -2.11. The summed E-state index contributed by atoms with van der Waals surface area (Å²) in [5.74, 6) is 0.0401. The lowest BCUT2D eigenvalue weighted by Gasteiger charge is -2.10. The molecular formula is C13H14N2O4. The third-order valence-electron chi connectivity index (χ3n) is 2.63. The molecule has 0 saturated carbocycles. The molecule has 0 aliphatic heterocycles. The molecule has 0 saturated heterocycles. The van der Waals surface area contributed by atoms with Crippen LogP contribution in [0, 0.1) is 0 Å². The van der Waals surface area contributed by atoms with Crippen LogP contribution in [-0.2, 0) is 11.3 Å². The number of aromatic nitrogens is 2. The minimum absolute atomic E-state index is 0.232. The van der Waals surface area contributed by atoms with Crippen molar-refractivity contribution in [2.45, 2.75) is 6.61 Å². The third kappa shape index (κ3) is 2.43. The van der Waals surface area contributed by atoms with Gasteiger partial charge in [0.05, 0.1) is 26.5 Å². The maximum atomic E-state index is 11.7. The predicted molar refractivity (Wildman–Crippen MR) is 67.4 cm³/mol. The molecule has 100 valence electrons. The summed E-state index contributed by atoms with van der Waals surface area (Å²) in [4.78, 5) is 11.7. The molecule has 1 N–H and O–H groups in total. The van der Waals surface area contributed by atoms with E-state index in [0.717, 1.165) is 0 Å². The van der Waals surface area contributed by atoms with Crippen molar-refractivity contribution in [3.63, 3.8) is 0 Å². The number of carbonyl (C=O) groups is 1. The Hall–Kier alpha value is -2.34. The zero-order valence-corrected chi connectivity index (χ0v) is 10.7. The number of esters is 1. The summed E-state index contributed by atoms with van der Waals surface area (Å²) in [5.41, 5.74) is 1.22. The highest BCUT2D eigenvalue weighted by atomic mass is 16.5. The Morgan fingerprint density at radius 1 is 1.37 bits per heavy atom. The number of benzene rings is 1. The summed E-state index contributed by atoms with van der Waals surface area (Å²) in [6.45, 7) is -0.258. The van der Waals surface area contributed by atoms with Gasteiger partial charge in [0, 0.05) is 0 Å². The smallest absolute Gasteiger partial charge is 0.356 e. The Bertz CT molecular complexity index is 592. The van der Waals surface area contributed by atoms with Gasteiger partial charge in [-0.05, 0) is 18.2 Å². The van der Waals surface area contributed by atoms with Gasteiger partial charge in [-0.2, -0.15) is 5.10 Å². The highest BCUT2D eigenvalue weighted by molar-refractivity contribution is 5.88. The second-order valence-electron chi connectivity index (χ2n) is 3.75. The number of nitrogens with zero attached hydrogens (tertiary/aromatic N) is 2. The van der Waals surface area contributed by atoms with Crippen molar-refractivity contribution < 1.29 is 19.4 Å². The van der Waals surface area contributed by atoms with Crippen LogP contribution in [0.25, 0.3) is 5.69 Å². The Morgan fingerprint density at radius 3 is 2.74 bits per heavy atom. The van der Waals surface area contributed by atoms with E-state index in [1.54, 1.807) is 18.2 Å². The lowest BCUT2D eigenvalue weighted by molar-refractivity contribution is 0.0590. The molecule has 0 radical (unpaired) electrons. The topological polar surface area (TPSA) is 73.6 Å². The van der Waals surface area contributed by atoms with Gasteiger partial charge in [0.2, 0.25) is 0 Å². The molecule has 1 aromatic heterocycles. The van der Waals surface area contributed by atoms with Gasteiger partial charge in [-0.15, -0.1) is 0 Å². The fourth-order valence-electron chi connectivity index (χ4n) is 1.75. The summed E-state index contributed by atoms with van der Waals surface area (Å²) < 4.78 is 11.3. The van der Waals surface area contributed by atoms with Crippen LogP contribution >= 0.6 is 0 Å². The average molecular weight is 262 g/mol. The standard InChI is InChI=1S/C13H14N2O4/c1-18-12-6-4-3-5-10(12)15-11(13(17)19-2)7-9(8-16)14-15/h3-7,16H,8H2,1-2H3. The molecule has 19 heavy (non-hydrogen) atoms. The molecule has 6 nitrogen and oxygen atoms in total. The van der Waals surface area contributed by atoms with Crippen LogP contribution in [0.4, 0.5) is 0 Å². The van der Waals surface area contributed by atoms with Crippen molar-refractivity contribution in [1.29, 1.82) is 0 Å². The molecule has 0 fully saturated rings. The van der Waals surface area contributed by atoms with E-state index in [4.69, 9.17) is 14.6 Å². The summed E-state index contributed by atoms with van der Waals surface area (Å²) in [6, 6.07) is 8.63. The summed E-state index contributed by atoms with van der Waals surface area (Å²) in [5, 5.41) is 13.3. The number of rotatable bonds is 4. The van der Waals surface area contributed by atoms with Gasteiger partial charge >= 0.3 is 5.97 Å². The number of ether oxygens (including phenoxy) is 2. The molecule has 2 rings (SSSR count). The molecule has 0 spiro atoms. The van der Waals surface area contributed by atoms with Crippen LogP contribution in [0.3, 0.4) is 0 Å². The Balaban J connectivity index is 2.60. The highest BCUT2D eigenvalue weighted by Gasteiger charge is 2.18. The first-order valence-corrected chi connectivity index (χ1v) is 5.62. The van der Waals surface area contributed by atoms with Crippen molar-refractivity contribution in [3.05, 3.63) is 41.7 Å². The predicted octanol–water partition coefficient (Wildman–Crippen LogP) is 1.16. The molecule has 0 bridgehead atoms. The maximum absolute atomic E-state index is 11.7. The number of hydrogen-bond acceptors (Lipinski definition) is 5. The van der Waals surface area contributed by atoms with Crippen LogP contribution in [0.15, 0.2) is 30.3 Å². The number of aliphatic hydroxyl groups excluding tert-OH is 1. The largest absolute Gasteiger partial charge is 0.494 e. The number of carbonyl (C=O) groups excluding carboxylic acids is 1. The van der Waals surface area contributed by atoms with E-state index < -0.39 is 5.97 Å². The molecule has 0 atom stereocenters. The number of hydrogen-bond donors (Lipinski definition) is 1. The first-order chi connectivity index (χ1) is 9.21. The van der Waals surface area contributed by atoms with Crippen LogP contribution in [0.5, 0.6) is 5.75 Å². The molecule has 0 amide bonds. The highest BCUT2D eigenvalue weighted by Crippen LogP contribution is 2.23. The van der Waals surface area contributed by atoms with E-state index in [0.29, 0.717) is 17.1 Å². The number of para-hydroxylation sites is 2. The Labute approximate surface area is 110 Å². The van der Waals surface area contributed by atoms with Gasteiger partial charge in [0.15, 0.2) is 5.69 Å². The van der Waals surface area contributed by atoms with E-state index in [1.807, 2.05) is 6.07 Å².